The Morgan fingerprint density at radius 1 is 1.09 bits per heavy atom. The monoisotopic (exact) mass is 455 g/mol. The molecule has 166 valence electrons. The molecule has 32 heavy (non-hydrogen) atoms. The molecule has 2 heterocycles. The molecule has 0 saturated heterocycles. The summed E-state index contributed by atoms with van der Waals surface area (Å²) in [7, 11) is -2.60. The quantitative estimate of drug-likeness (QED) is 0.584. The van der Waals surface area contributed by atoms with Gasteiger partial charge in [0.05, 0.1) is 17.6 Å². The highest BCUT2D eigenvalue weighted by atomic mass is 32.2. The predicted octanol–water partition coefficient (Wildman–Crippen LogP) is 2.90. The van der Waals surface area contributed by atoms with Crippen molar-refractivity contribution in [2.45, 2.75) is 4.90 Å². The zero-order valence-corrected chi connectivity index (χ0v) is 18.0. The number of likely N-dealkylation sites (N-methyl/N-ethyl adjacent to an activating group) is 1. The Morgan fingerprint density at radius 3 is 2.62 bits per heavy atom. The van der Waals surface area contributed by atoms with Crippen molar-refractivity contribution < 1.29 is 27.4 Å². The summed E-state index contributed by atoms with van der Waals surface area (Å²) in [6.07, 6.45) is 2.97. The van der Waals surface area contributed by atoms with Gasteiger partial charge in [-0.05, 0) is 24.3 Å². The molecule has 10 heteroatoms. The summed E-state index contributed by atoms with van der Waals surface area (Å²) in [6.45, 7) is 0.340. The Bertz CT molecular complexity index is 1220. The fraction of sp³-hybridized carbons (Fsp3) is 0.182. The van der Waals surface area contributed by atoms with Gasteiger partial charge >= 0.3 is 0 Å². The molecule has 2 aromatic carbocycles. The van der Waals surface area contributed by atoms with Gasteiger partial charge in [-0.1, -0.05) is 18.2 Å². The van der Waals surface area contributed by atoms with Crippen molar-refractivity contribution in [3.8, 4) is 23.0 Å². The number of fused-ring (bicyclic) bond motifs is 1. The lowest BCUT2D eigenvalue weighted by Gasteiger charge is -2.21. The summed E-state index contributed by atoms with van der Waals surface area (Å²) in [4.78, 5) is 16.6. The molecule has 1 aliphatic rings. The zero-order valence-electron chi connectivity index (χ0n) is 17.2. The van der Waals surface area contributed by atoms with Crippen LogP contribution < -0.4 is 19.5 Å². The predicted molar refractivity (Wildman–Crippen MR) is 117 cm³/mol. The van der Waals surface area contributed by atoms with Crippen molar-refractivity contribution in [3.05, 3.63) is 67.0 Å². The molecule has 0 saturated carbocycles. The third-order valence-corrected chi connectivity index (χ3v) is 6.41. The molecule has 1 N–H and O–H groups in total. The van der Waals surface area contributed by atoms with E-state index in [1.54, 1.807) is 18.2 Å². The van der Waals surface area contributed by atoms with E-state index in [1.165, 1.54) is 37.6 Å². The highest BCUT2D eigenvalue weighted by molar-refractivity contribution is 7.89. The van der Waals surface area contributed by atoms with Crippen LogP contribution in [-0.4, -0.2) is 50.4 Å². The summed E-state index contributed by atoms with van der Waals surface area (Å²) in [5.74, 6) is 1.27. The van der Waals surface area contributed by atoms with Crippen LogP contribution in [-0.2, 0) is 14.8 Å². The first-order valence-corrected chi connectivity index (χ1v) is 11.2. The van der Waals surface area contributed by atoms with Crippen molar-refractivity contribution in [2.75, 3.05) is 32.1 Å². The lowest BCUT2D eigenvalue weighted by atomic mass is 10.3. The number of para-hydroxylation sites is 1. The molecule has 0 bridgehead atoms. The molecular weight excluding hydrogens is 434 g/mol. The number of nitrogens with one attached hydrogen (secondary N) is 1. The van der Waals surface area contributed by atoms with E-state index in [9.17, 15) is 13.2 Å². The van der Waals surface area contributed by atoms with E-state index < -0.39 is 22.5 Å². The van der Waals surface area contributed by atoms with Crippen LogP contribution in [0.5, 0.6) is 23.0 Å². The normalized spacial score (nSPS) is 12.9. The SMILES string of the molecule is CN(CC(=O)Nc1cnccc1Oc1ccccc1)S(=O)(=O)c1ccc2c(c1)OCCO2. The summed E-state index contributed by atoms with van der Waals surface area (Å²) in [5.41, 5.74) is 0.325. The number of pyridine rings is 1. The Hall–Kier alpha value is -3.63. The maximum absolute atomic E-state index is 12.9. The number of rotatable bonds is 7. The topological polar surface area (TPSA) is 107 Å². The first kappa shape index (κ1) is 21.6. The minimum atomic E-state index is -3.93. The summed E-state index contributed by atoms with van der Waals surface area (Å²) < 4.78 is 43.5. The summed E-state index contributed by atoms with van der Waals surface area (Å²) in [5, 5.41) is 2.66. The first-order valence-electron chi connectivity index (χ1n) is 9.76. The van der Waals surface area contributed by atoms with Gasteiger partial charge in [-0.15, -0.1) is 0 Å². The maximum atomic E-state index is 12.9. The minimum Gasteiger partial charge on any atom is -0.486 e. The Kier molecular flexibility index (Phi) is 6.24. The van der Waals surface area contributed by atoms with Gasteiger partial charge in [0.2, 0.25) is 15.9 Å². The number of aromatic nitrogens is 1. The van der Waals surface area contributed by atoms with Crippen LogP contribution in [0.4, 0.5) is 5.69 Å². The molecule has 3 aromatic rings. The van der Waals surface area contributed by atoms with Gasteiger partial charge in [0.15, 0.2) is 17.2 Å². The molecular formula is C22H21N3O6S. The molecule has 9 nitrogen and oxygen atoms in total. The van der Waals surface area contributed by atoms with E-state index in [2.05, 4.69) is 10.3 Å². The van der Waals surface area contributed by atoms with Crippen LogP contribution in [0.25, 0.3) is 0 Å². The third kappa shape index (κ3) is 4.82. The van der Waals surface area contributed by atoms with Gasteiger partial charge in [-0.3, -0.25) is 9.78 Å². The van der Waals surface area contributed by atoms with Crippen LogP contribution in [0.3, 0.4) is 0 Å². The van der Waals surface area contributed by atoms with Gasteiger partial charge in [-0.25, -0.2) is 8.42 Å². The minimum absolute atomic E-state index is 0.00604. The first-order chi connectivity index (χ1) is 15.4. The van der Waals surface area contributed by atoms with Crippen LogP contribution in [0.15, 0.2) is 71.9 Å². The molecule has 1 aromatic heterocycles. The number of benzene rings is 2. The van der Waals surface area contributed by atoms with Crippen molar-refractivity contribution >= 4 is 21.6 Å². The zero-order chi connectivity index (χ0) is 22.6. The Labute approximate surface area is 185 Å². The van der Waals surface area contributed by atoms with Crippen molar-refractivity contribution in [3.63, 3.8) is 0 Å². The van der Waals surface area contributed by atoms with E-state index in [0.29, 0.717) is 41.9 Å². The number of ether oxygens (including phenoxy) is 3. The fourth-order valence-electron chi connectivity index (χ4n) is 3.02. The van der Waals surface area contributed by atoms with Gasteiger partial charge in [0, 0.05) is 25.4 Å². The van der Waals surface area contributed by atoms with E-state index in [-0.39, 0.29) is 4.90 Å². The van der Waals surface area contributed by atoms with Gasteiger partial charge < -0.3 is 19.5 Å². The van der Waals surface area contributed by atoms with Crippen LogP contribution in [0, 0.1) is 0 Å². The molecule has 0 spiro atoms. The Balaban J connectivity index is 1.45. The lowest BCUT2D eigenvalue weighted by Crippen LogP contribution is -2.35. The third-order valence-electron chi connectivity index (χ3n) is 4.61. The highest BCUT2D eigenvalue weighted by Crippen LogP contribution is 2.33. The van der Waals surface area contributed by atoms with Crippen LogP contribution in [0.1, 0.15) is 0 Å². The number of hydrogen-bond acceptors (Lipinski definition) is 7. The average Bonchev–Trinajstić information content (AvgIpc) is 2.80. The number of carbonyl (C=O) groups excluding carboxylic acids is 1. The molecule has 1 aliphatic heterocycles. The number of hydrogen-bond donors (Lipinski definition) is 1. The second-order valence-electron chi connectivity index (χ2n) is 6.90. The van der Waals surface area contributed by atoms with Crippen molar-refractivity contribution in [1.82, 2.24) is 9.29 Å². The van der Waals surface area contributed by atoms with Gasteiger partial charge in [-0.2, -0.15) is 4.31 Å². The number of nitrogens with zero attached hydrogens (tertiary/aromatic N) is 2. The maximum Gasteiger partial charge on any atom is 0.243 e. The van der Waals surface area contributed by atoms with E-state index in [4.69, 9.17) is 14.2 Å². The molecule has 0 atom stereocenters. The number of anilines is 1. The molecule has 4 rings (SSSR count). The standard InChI is InChI=1S/C22H21N3O6S/c1-25(32(27,28)17-7-8-20-21(13-17)30-12-11-29-20)15-22(26)24-18-14-23-10-9-19(18)31-16-5-3-2-4-6-16/h2-10,13-14H,11-12,15H2,1H3,(H,24,26). The van der Waals surface area contributed by atoms with E-state index in [1.807, 2.05) is 18.2 Å². The fourth-order valence-corrected chi connectivity index (χ4v) is 4.16. The average molecular weight is 455 g/mol. The second-order valence-corrected chi connectivity index (χ2v) is 8.95. The number of amides is 1. The molecule has 0 aliphatic carbocycles. The van der Waals surface area contributed by atoms with Crippen LogP contribution >= 0.6 is 0 Å². The van der Waals surface area contributed by atoms with E-state index >= 15 is 0 Å². The highest BCUT2D eigenvalue weighted by Gasteiger charge is 2.25. The number of carbonyl (C=O) groups is 1. The van der Waals surface area contributed by atoms with Crippen molar-refractivity contribution in [1.29, 1.82) is 0 Å². The molecule has 0 unspecified atom stereocenters. The number of sulfonamides is 1. The molecule has 1 amide bonds. The second kappa shape index (κ2) is 9.25. The largest absolute Gasteiger partial charge is 0.486 e. The smallest absolute Gasteiger partial charge is 0.243 e. The Morgan fingerprint density at radius 2 is 1.84 bits per heavy atom. The van der Waals surface area contributed by atoms with Gasteiger partial charge in [0.25, 0.3) is 0 Å². The summed E-state index contributed by atoms with van der Waals surface area (Å²) >= 11 is 0. The van der Waals surface area contributed by atoms with E-state index in [0.717, 1.165) is 4.31 Å². The van der Waals surface area contributed by atoms with Gasteiger partial charge in [0.1, 0.15) is 24.7 Å². The van der Waals surface area contributed by atoms with Crippen molar-refractivity contribution in [2.24, 2.45) is 0 Å². The molecule has 0 radical (unpaired) electrons. The summed E-state index contributed by atoms with van der Waals surface area (Å²) in [6, 6.07) is 15.0. The molecule has 0 fully saturated rings. The lowest BCUT2D eigenvalue weighted by molar-refractivity contribution is -0.116. The van der Waals surface area contributed by atoms with Crippen LogP contribution in [0.2, 0.25) is 0 Å².